The molecule has 0 radical (unpaired) electrons. The van der Waals surface area contributed by atoms with Crippen molar-refractivity contribution >= 4 is 35.0 Å². The van der Waals surface area contributed by atoms with Crippen molar-refractivity contribution in [3.05, 3.63) is 33.1 Å². The third-order valence-corrected chi connectivity index (χ3v) is 2.69. The van der Waals surface area contributed by atoms with E-state index in [9.17, 15) is 4.39 Å². The van der Waals surface area contributed by atoms with Crippen molar-refractivity contribution in [1.29, 1.82) is 0 Å². The summed E-state index contributed by atoms with van der Waals surface area (Å²) in [5, 5.41) is 0. The summed E-state index contributed by atoms with van der Waals surface area (Å²) < 4.78 is 14.3. The van der Waals surface area contributed by atoms with Gasteiger partial charge in [-0.25, -0.2) is 4.39 Å². The fourth-order valence-corrected chi connectivity index (χ4v) is 1.68. The van der Waals surface area contributed by atoms with Crippen LogP contribution in [0.5, 0.6) is 0 Å². The van der Waals surface area contributed by atoms with Gasteiger partial charge in [0.05, 0.1) is 0 Å². The van der Waals surface area contributed by atoms with Gasteiger partial charge in [0, 0.05) is 9.61 Å². The molecular formula is C10H14ClFIN. The van der Waals surface area contributed by atoms with Crippen LogP contribution in [0.25, 0.3) is 0 Å². The van der Waals surface area contributed by atoms with Gasteiger partial charge in [-0.05, 0) is 59.2 Å². The molecule has 1 unspecified atom stereocenters. The lowest BCUT2D eigenvalue weighted by Gasteiger charge is -2.09. The number of hydrogen-bond acceptors (Lipinski definition) is 1. The number of halogens is 3. The predicted octanol–water partition coefficient (Wildman–Crippen LogP) is 3.13. The van der Waals surface area contributed by atoms with Gasteiger partial charge >= 0.3 is 0 Å². The zero-order valence-corrected chi connectivity index (χ0v) is 10.9. The number of benzene rings is 1. The lowest BCUT2D eigenvalue weighted by Crippen LogP contribution is -2.22. The van der Waals surface area contributed by atoms with Crippen molar-refractivity contribution in [3.8, 4) is 0 Å². The molecule has 0 heterocycles. The van der Waals surface area contributed by atoms with E-state index in [1.54, 1.807) is 6.07 Å². The van der Waals surface area contributed by atoms with Crippen molar-refractivity contribution in [3.63, 3.8) is 0 Å². The second-order valence-electron chi connectivity index (χ2n) is 3.11. The van der Waals surface area contributed by atoms with Crippen LogP contribution < -0.4 is 5.73 Å². The molecule has 0 saturated heterocycles. The van der Waals surface area contributed by atoms with Gasteiger partial charge < -0.3 is 5.73 Å². The molecule has 14 heavy (non-hydrogen) atoms. The van der Waals surface area contributed by atoms with Gasteiger partial charge in [-0.3, -0.25) is 0 Å². The summed E-state index contributed by atoms with van der Waals surface area (Å²) in [7, 11) is 0. The average molecular weight is 330 g/mol. The fourth-order valence-electron chi connectivity index (χ4n) is 1.13. The molecule has 1 nitrogen and oxygen atoms in total. The highest BCUT2D eigenvalue weighted by Gasteiger charge is 2.06. The van der Waals surface area contributed by atoms with Crippen LogP contribution in [0.1, 0.15) is 18.9 Å². The van der Waals surface area contributed by atoms with Crippen molar-refractivity contribution in [2.24, 2.45) is 5.73 Å². The van der Waals surface area contributed by atoms with E-state index in [0.717, 1.165) is 15.6 Å². The van der Waals surface area contributed by atoms with Gasteiger partial charge in [0.1, 0.15) is 5.82 Å². The first kappa shape index (κ1) is 14.1. The molecule has 0 aliphatic carbocycles. The maximum absolute atomic E-state index is 13.2. The zero-order valence-electron chi connectivity index (χ0n) is 7.97. The second-order valence-corrected chi connectivity index (χ2v) is 4.35. The summed E-state index contributed by atoms with van der Waals surface area (Å²) in [5.41, 5.74) is 6.48. The van der Waals surface area contributed by atoms with Gasteiger partial charge in [0.2, 0.25) is 0 Å². The molecule has 0 spiro atoms. The number of hydrogen-bond donors (Lipinski definition) is 1. The predicted molar refractivity (Wildman–Crippen MR) is 68.3 cm³/mol. The van der Waals surface area contributed by atoms with Gasteiger partial charge in [-0.2, -0.15) is 0 Å². The molecule has 4 heteroatoms. The molecule has 1 atom stereocenters. The molecule has 1 aromatic rings. The maximum atomic E-state index is 13.2. The third kappa shape index (κ3) is 4.11. The molecule has 0 aromatic heterocycles. The maximum Gasteiger partial charge on any atom is 0.126 e. The second kappa shape index (κ2) is 6.58. The Balaban J connectivity index is 0.00000169. The highest BCUT2D eigenvalue weighted by atomic mass is 127. The normalized spacial score (nSPS) is 12.0. The summed E-state index contributed by atoms with van der Waals surface area (Å²) in [6, 6.07) is 5.18. The van der Waals surface area contributed by atoms with Crippen LogP contribution in [-0.4, -0.2) is 6.04 Å². The Morgan fingerprint density at radius 3 is 2.71 bits per heavy atom. The average Bonchev–Trinajstić information content (AvgIpc) is 2.11. The lowest BCUT2D eigenvalue weighted by molar-refractivity contribution is 0.578. The van der Waals surface area contributed by atoms with E-state index in [2.05, 4.69) is 22.6 Å². The summed E-state index contributed by atoms with van der Waals surface area (Å²) in [5.74, 6) is -0.149. The van der Waals surface area contributed by atoms with Gasteiger partial charge in [0.25, 0.3) is 0 Å². The molecule has 0 aliphatic heterocycles. The van der Waals surface area contributed by atoms with Crippen LogP contribution in [0.15, 0.2) is 18.2 Å². The van der Waals surface area contributed by atoms with Crippen molar-refractivity contribution in [2.45, 2.75) is 25.8 Å². The Labute approximate surface area is 104 Å². The van der Waals surface area contributed by atoms with Crippen LogP contribution in [-0.2, 0) is 6.42 Å². The Hall–Kier alpha value is 0.130. The van der Waals surface area contributed by atoms with Gasteiger partial charge in [-0.1, -0.05) is 6.92 Å². The molecule has 2 N–H and O–H groups in total. The Kier molecular flexibility index (Phi) is 6.64. The monoisotopic (exact) mass is 329 g/mol. The Morgan fingerprint density at radius 2 is 2.14 bits per heavy atom. The molecule has 0 saturated carbocycles. The minimum absolute atomic E-state index is 0. The van der Waals surface area contributed by atoms with E-state index in [4.69, 9.17) is 5.73 Å². The van der Waals surface area contributed by atoms with E-state index in [0.29, 0.717) is 6.42 Å². The molecular weight excluding hydrogens is 315 g/mol. The molecule has 80 valence electrons. The highest BCUT2D eigenvalue weighted by Crippen LogP contribution is 2.14. The smallest absolute Gasteiger partial charge is 0.126 e. The lowest BCUT2D eigenvalue weighted by atomic mass is 10.0. The third-order valence-electron chi connectivity index (χ3n) is 2.01. The SMILES string of the molecule is CCC(N)Cc1cc(I)ccc1F.Cl. The summed E-state index contributed by atoms with van der Waals surface area (Å²) in [4.78, 5) is 0. The summed E-state index contributed by atoms with van der Waals surface area (Å²) >= 11 is 2.17. The van der Waals surface area contributed by atoms with E-state index >= 15 is 0 Å². The first-order chi connectivity index (χ1) is 6.13. The first-order valence-corrected chi connectivity index (χ1v) is 5.41. The van der Waals surface area contributed by atoms with Crippen LogP contribution >= 0.6 is 35.0 Å². The fraction of sp³-hybridized carbons (Fsp3) is 0.400. The van der Waals surface area contributed by atoms with Crippen LogP contribution in [0.3, 0.4) is 0 Å². The summed E-state index contributed by atoms with van der Waals surface area (Å²) in [6.45, 7) is 2.01. The molecule has 1 rings (SSSR count). The summed E-state index contributed by atoms with van der Waals surface area (Å²) in [6.07, 6.45) is 1.50. The molecule has 0 fully saturated rings. The van der Waals surface area contributed by atoms with Crippen molar-refractivity contribution < 1.29 is 4.39 Å². The molecule has 0 aliphatic rings. The number of nitrogens with two attached hydrogens (primary N) is 1. The molecule has 0 amide bonds. The van der Waals surface area contributed by atoms with Gasteiger partial charge in [-0.15, -0.1) is 12.4 Å². The van der Waals surface area contributed by atoms with Gasteiger partial charge in [0.15, 0.2) is 0 Å². The van der Waals surface area contributed by atoms with Crippen LogP contribution in [0.4, 0.5) is 4.39 Å². The quantitative estimate of drug-likeness (QED) is 0.847. The van der Waals surface area contributed by atoms with Crippen molar-refractivity contribution in [1.82, 2.24) is 0 Å². The largest absolute Gasteiger partial charge is 0.327 e. The molecule has 0 bridgehead atoms. The minimum Gasteiger partial charge on any atom is -0.327 e. The topological polar surface area (TPSA) is 26.0 Å². The standard InChI is InChI=1S/C10H13FIN.ClH/c1-2-9(13)6-7-5-8(12)3-4-10(7)11;/h3-5,9H,2,6,13H2,1H3;1H. The van der Waals surface area contributed by atoms with Crippen molar-refractivity contribution in [2.75, 3.05) is 0 Å². The zero-order chi connectivity index (χ0) is 9.84. The van der Waals surface area contributed by atoms with E-state index in [-0.39, 0.29) is 24.3 Å². The van der Waals surface area contributed by atoms with Crippen LogP contribution in [0.2, 0.25) is 0 Å². The molecule has 1 aromatic carbocycles. The van der Waals surface area contributed by atoms with E-state index < -0.39 is 0 Å². The Bertz CT molecular complexity index is 293. The number of rotatable bonds is 3. The van der Waals surface area contributed by atoms with E-state index in [1.165, 1.54) is 6.07 Å². The first-order valence-electron chi connectivity index (χ1n) is 4.33. The van der Waals surface area contributed by atoms with E-state index in [1.807, 2.05) is 13.0 Å². The Morgan fingerprint density at radius 1 is 1.50 bits per heavy atom. The minimum atomic E-state index is -0.149. The van der Waals surface area contributed by atoms with Crippen LogP contribution in [0, 0.1) is 9.39 Å². The highest BCUT2D eigenvalue weighted by molar-refractivity contribution is 14.1.